The molecular formula is C11H15F2NO. The van der Waals surface area contributed by atoms with Crippen LogP contribution in [0.25, 0.3) is 0 Å². The van der Waals surface area contributed by atoms with Gasteiger partial charge in [-0.1, -0.05) is 6.92 Å². The normalized spacial score (nSPS) is 15.0. The summed E-state index contributed by atoms with van der Waals surface area (Å²) in [5, 5.41) is 8.88. The molecule has 84 valence electrons. The minimum Gasteiger partial charge on any atom is -0.396 e. The molecule has 1 aromatic carbocycles. The molecular weight excluding hydrogens is 200 g/mol. The quantitative estimate of drug-likeness (QED) is 0.800. The van der Waals surface area contributed by atoms with Crippen LogP contribution >= 0.6 is 0 Å². The first kappa shape index (κ1) is 12.1. The van der Waals surface area contributed by atoms with Crippen molar-refractivity contribution in [1.29, 1.82) is 0 Å². The average Bonchev–Trinajstić information content (AvgIpc) is 2.22. The monoisotopic (exact) mass is 215 g/mol. The van der Waals surface area contributed by atoms with Gasteiger partial charge in [0.15, 0.2) is 0 Å². The van der Waals surface area contributed by atoms with Crippen molar-refractivity contribution in [2.45, 2.75) is 18.8 Å². The van der Waals surface area contributed by atoms with Crippen LogP contribution in [-0.4, -0.2) is 18.3 Å². The lowest BCUT2D eigenvalue weighted by molar-refractivity contribution is 0.244. The van der Waals surface area contributed by atoms with E-state index in [4.69, 9.17) is 10.8 Å². The van der Waals surface area contributed by atoms with Gasteiger partial charge in [0.05, 0.1) is 0 Å². The fourth-order valence-electron chi connectivity index (χ4n) is 1.55. The molecule has 0 fully saturated rings. The number of halogens is 2. The van der Waals surface area contributed by atoms with Crippen molar-refractivity contribution in [3.8, 4) is 0 Å². The highest BCUT2D eigenvalue weighted by Gasteiger charge is 2.27. The van der Waals surface area contributed by atoms with Crippen LogP contribution in [0.4, 0.5) is 8.78 Å². The molecule has 3 N–H and O–H groups in total. The van der Waals surface area contributed by atoms with Crippen molar-refractivity contribution in [3.63, 3.8) is 0 Å². The van der Waals surface area contributed by atoms with Gasteiger partial charge in [-0.2, -0.15) is 0 Å². The van der Waals surface area contributed by atoms with E-state index in [-0.39, 0.29) is 18.7 Å². The van der Waals surface area contributed by atoms with Crippen molar-refractivity contribution < 1.29 is 13.9 Å². The standard InChI is InChI=1S/C11H15F2NO/c1-11(7-14,4-5-15)9-6-8(12)2-3-10(9)13/h2-3,6,15H,4-5,7,14H2,1H3. The average molecular weight is 215 g/mol. The van der Waals surface area contributed by atoms with Crippen molar-refractivity contribution in [3.05, 3.63) is 35.4 Å². The van der Waals surface area contributed by atoms with Crippen LogP contribution in [-0.2, 0) is 5.41 Å². The summed E-state index contributed by atoms with van der Waals surface area (Å²) in [7, 11) is 0. The molecule has 0 saturated heterocycles. The van der Waals surface area contributed by atoms with E-state index in [1.165, 1.54) is 0 Å². The number of nitrogens with two attached hydrogens (primary N) is 1. The van der Waals surface area contributed by atoms with Gasteiger partial charge in [-0.25, -0.2) is 8.78 Å². The van der Waals surface area contributed by atoms with Crippen LogP contribution < -0.4 is 5.73 Å². The SMILES string of the molecule is CC(CN)(CCO)c1cc(F)ccc1F. The van der Waals surface area contributed by atoms with Gasteiger partial charge in [-0.15, -0.1) is 0 Å². The maximum absolute atomic E-state index is 13.5. The highest BCUT2D eigenvalue weighted by Crippen LogP contribution is 2.29. The molecule has 1 atom stereocenters. The van der Waals surface area contributed by atoms with Crippen molar-refractivity contribution >= 4 is 0 Å². The van der Waals surface area contributed by atoms with Crippen LogP contribution in [0.5, 0.6) is 0 Å². The van der Waals surface area contributed by atoms with Gasteiger partial charge < -0.3 is 10.8 Å². The summed E-state index contributed by atoms with van der Waals surface area (Å²) in [6, 6.07) is 3.28. The number of benzene rings is 1. The molecule has 4 heteroatoms. The van der Waals surface area contributed by atoms with E-state index in [9.17, 15) is 8.78 Å². The Labute approximate surface area is 87.7 Å². The Kier molecular flexibility index (Phi) is 3.77. The number of aliphatic hydroxyl groups is 1. The second kappa shape index (κ2) is 4.68. The van der Waals surface area contributed by atoms with E-state index >= 15 is 0 Å². The van der Waals surface area contributed by atoms with E-state index in [2.05, 4.69) is 0 Å². The molecule has 0 spiro atoms. The van der Waals surface area contributed by atoms with Crippen LogP contribution in [0.1, 0.15) is 18.9 Å². The van der Waals surface area contributed by atoms with Gasteiger partial charge in [-0.05, 0) is 30.2 Å². The molecule has 1 rings (SSSR count). The van der Waals surface area contributed by atoms with Crippen molar-refractivity contribution in [2.24, 2.45) is 5.73 Å². The summed E-state index contributed by atoms with van der Waals surface area (Å²) in [5.74, 6) is -0.984. The fourth-order valence-corrected chi connectivity index (χ4v) is 1.55. The third-order valence-corrected chi connectivity index (χ3v) is 2.69. The Morgan fingerprint density at radius 2 is 2.07 bits per heavy atom. The van der Waals surface area contributed by atoms with Gasteiger partial charge in [0.25, 0.3) is 0 Å². The maximum atomic E-state index is 13.5. The summed E-state index contributed by atoms with van der Waals surface area (Å²) in [6.07, 6.45) is 0.309. The molecule has 1 aromatic rings. The van der Waals surface area contributed by atoms with Gasteiger partial charge in [0, 0.05) is 18.6 Å². The van der Waals surface area contributed by atoms with Crippen LogP contribution in [0.3, 0.4) is 0 Å². The minimum atomic E-state index is -0.721. The zero-order chi connectivity index (χ0) is 11.5. The summed E-state index contributed by atoms with van der Waals surface area (Å²) in [5.41, 5.74) is 5.04. The molecule has 0 saturated carbocycles. The Morgan fingerprint density at radius 3 is 2.60 bits per heavy atom. The molecule has 2 nitrogen and oxygen atoms in total. The zero-order valence-electron chi connectivity index (χ0n) is 8.63. The number of hydrogen-bond acceptors (Lipinski definition) is 2. The molecule has 1 unspecified atom stereocenters. The third kappa shape index (κ3) is 2.52. The van der Waals surface area contributed by atoms with Crippen LogP contribution in [0, 0.1) is 11.6 Å². The first-order valence-corrected chi connectivity index (χ1v) is 4.80. The molecule has 0 aliphatic heterocycles. The molecule has 0 bridgehead atoms. The lowest BCUT2D eigenvalue weighted by Gasteiger charge is -2.28. The van der Waals surface area contributed by atoms with Gasteiger partial charge in [0.2, 0.25) is 0 Å². The molecule has 0 aromatic heterocycles. The zero-order valence-corrected chi connectivity index (χ0v) is 8.63. The number of rotatable bonds is 4. The van der Waals surface area contributed by atoms with Gasteiger partial charge >= 0.3 is 0 Å². The highest BCUT2D eigenvalue weighted by atomic mass is 19.1. The Morgan fingerprint density at radius 1 is 1.40 bits per heavy atom. The lowest BCUT2D eigenvalue weighted by atomic mass is 9.79. The van der Waals surface area contributed by atoms with E-state index in [1.54, 1.807) is 6.92 Å². The largest absolute Gasteiger partial charge is 0.396 e. The van der Waals surface area contributed by atoms with E-state index in [0.717, 1.165) is 18.2 Å². The van der Waals surface area contributed by atoms with Crippen molar-refractivity contribution in [2.75, 3.05) is 13.2 Å². The lowest BCUT2D eigenvalue weighted by Crippen LogP contribution is -2.34. The Hall–Kier alpha value is -1.00. The first-order valence-electron chi connectivity index (χ1n) is 4.80. The second-order valence-corrected chi connectivity index (χ2v) is 3.86. The van der Waals surface area contributed by atoms with Crippen LogP contribution in [0.15, 0.2) is 18.2 Å². The summed E-state index contributed by atoms with van der Waals surface area (Å²) in [4.78, 5) is 0. The Balaban J connectivity index is 3.16. The van der Waals surface area contributed by atoms with E-state index in [0.29, 0.717) is 6.42 Å². The van der Waals surface area contributed by atoms with Gasteiger partial charge in [-0.3, -0.25) is 0 Å². The van der Waals surface area contributed by atoms with Gasteiger partial charge in [0.1, 0.15) is 11.6 Å². The topological polar surface area (TPSA) is 46.2 Å². The predicted molar refractivity (Wildman–Crippen MR) is 54.5 cm³/mol. The highest BCUT2D eigenvalue weighted by molar-refractivity contribution is 5.27. The molecule has 0 heterocycles. The molecule has 15 heavy (non-hydrogen) atoms. The summed E-state index contributed by atoms with van der Waals surface area (Å²) >= 11 is 0. The number of aliphatic hydroxyl groups excluding tert-OH is 1. The smallest absolute Gasteiger partial charge is 0.127 e. The summed E-state index contributed by atoms with van der Waals surface area (Å²) in [6.45, 7) is 1.76. The first-order chi connectivity index (χ1) is 7.03. The third-order valence-electron chi connectivity index (χ3n) is 2.69. The Bertz CT molecular complexity index is 343. The fraction of sp³-hybridized carbons (Fsp3) is 0.455. The van der Waals surface area contributed by atoms with Crippen LogP contribution in [0.2, 0.25) is 0 Å². The molecule has 0 amide bonds. The summed E-state index contributed by atoms with van der Waals surface area (Å²) < 4.78 is 26.5. The van der Waals surface area contributed by atoms with E-state index < -0.39 is 17.0 Å². The second-order valence-electron chi connectivity index (χ2n) is 3.86. The maximum Gasteiger partial charge on any atom is 0.127 e. The van der Waals surface area contributed by atoms with E-state index in [1.807, 2.05) is 0 Å². The number of hydrogen-bond donors (Lipinski definition) is 2. The van der Waals surface area contributed by atoms with Crippen molar-refractivity contribution in [1.82, 2.24) is 0 Å². The predicted octanol–water partition coefficient (Wildman–Crippen LogP) is 1.56. The minimum absolute atomic E-state index is 0.107. The molecule has 0 aliphatic carbocycles. The molecule has 0 aliphatic rings. The molecule has 0 radical (unpaired) electrons.